The van der Waals surface area contributed by atoms with E-state index in [-0.39, 0.29) is 5.82 Å². The Hall–Kier alpha value is -0.850. The van der Waals surface area contributed by atoms with E-state index < -0.39 is 6.04 Å². The minimum absolute atomic E-state index is 0.343. The molecule has 1 unspecified atom stereocenters. The Morgan fingerprint density at radius 3 is 2.83 bits per heavy atom. The molecule has 0 aliphatic heterocycles. The number of terminal acetylenes is 1. The van der Waals surface area contributed by atoms with Crippen LogP contribution < -0.4 is 5.73 Å². The average Bonchev–Trinajstić information content (AvgIpc) is 2.08. The highest BCUT2D eigenvalue weighted by molar-refractivity contribution is 9.10. The Labute approximate surface area is 78.9 Å². The summed E-state index contributed by atoms with van der Waals surface area (Å²) in [7, 11) is 0. The molecule has 1 nitrogen and oxygen atoms in total. The van der Waals surface area contributed by atoms with Gasteiger partial charge in [-0.15, -0.1) is 6.42 Å². The maximum Gasteiger partial charge on any atom is 0.137 e. The molecule has 0 aliphatic carbocycles. The normalized spacial score (nSPS) is 12.2. The molecule has 12 heavy (non-hydrogen) atoms. The van der Waals surface area contributed by atoms with E-state index in [0.717, 1.165) is 0 Å². The lowest BCUT2D eigenvalue weighted by molar-refractivity contribution is 0.617. The Morgan fingerprint density at radius 1 is 1.58 bits per heavy atom. The van der Waals surface area contributed by atoms with Crippen molar-refractivity contribution in [3.8, 4) is 12.3 Å². The first-order valence-electron chi connectivity index (χ1n) is 3.32. The molecule has 1 aromatic rings. The lowest BCUT2D eigenvalue weighted by Gasteiger charge is -2.07. The van der Waals surface area contributed by atoms with E-state index in [1.54, 1.807) is 12.1 Å². The van der Waals surface area contributed by atoms with E-state index in [2.05, 4.69) is 21.9 Å². The molecule has 2 N–H and O–H groups in total. The Morgan fingerprint density at radius 2 is 2.25 bits per heavy atom. The summed E-state index contributed by atoms with van der Waals surface area (Å²) in [6.07, 6.45) is 5.10. The molecule has 0 aromatic heterocycles. The van der Waals surface area contributed by atoms with Crippen LogP contribution in [0.3, 0.4) is 0 Å². The largest absolute Gasteiger partial charge is 0.314 e. The first-order valence-corrected chi connectivity index (χ1v) is 4.11. The summed E-state index contributed by atoms with van der Waals surface area (Å²) in [6.45, 7) is 0. The van der Waals surface area contributed by atoms with Crippen LogP contribution in [0.1, 0.15) is 11.6 Å². The number of hydrogen-bond donors (Lipinski definition) is 1. The van der Waals surface area contributed by atoms with Gasteiger partial charge in [-0.3, -0.25) is 0 Å². The van der Waals surface area contributed by atoms with Crippen molar-refractivity contribution in [1.82, 2.24) is 0 Å². The van der Waals surface area contributed by atoms with Crippen LogP contribution in [-0.4, -0.2) is 0 Å². The van der Waals surface area contributed by atoms with Crippen molar-refractivity contribution >= 4 is 15.9 Å². The summed E-state index contributed by atoms with van der Waals surface area (Å²) >= 11 is 3.07. The lowest BCUT2D eigenvalue weighted by Crippen LogP contribution is -2.08. The number of halogens is 2. The molecule has 0 fully saturated rings. The van der Waals surface area contributed by atoms with Gasteiger partial charge in [0.1, 0.15) is 5.82 Å². The number of nitrogens with two attached hydrogens (primary N) is 1. The van der Waals surface area contributed by atoms with Crippen molar-refractivity contribution in [3.63, 3.8) is 0 Å². The van der Waals surface area contributed by atoms with E-state index in [1.165, 1.54) is 6.07 Å². The highest BCUT2D eigenvalue weighted by Gasteiger charge is 2.09. The van der Waals surface area contributed by atoms with Crippen molar-refractivity contribution in [2.45, 2.75) is 6.04 Å². The van der Waals surface area contributed by atoms with E-state index in [0.29, 0.717) is 10.0 Å². The molecule has 0 amide bonds. The van der Waals surface area contributed by atoms with Crippen LogP contribution in [0, 0.1) is 18.2 Å². The summed E-state index contributed by atoms with van der Waals surface area (Å²) in [4.78, 5) is 0. The first kappa shape index (κ1) is 9.24. The van der Waals surface area contributed by atoms with E-state index in [4.69, 9.17) is 12.2 Å². The zero-order valence-electron chi connectivity index (χ0n) is 6.22. The molecule has 0 spiro atoms. The lowest BCUT2D eigenvalue weighted by atomic mass is 10.1. The highest BCUT2D eigenvalue weighted by atomic mass is 79.9. The van der Waals surface area contributed by atoms with Crippen LogP contribution in [0.4, 0.5) is 4.39 Å². The zero-order chi connectivity index (χ0) is 9.14. The van der Waals surface area contributed by atoms with Crippen molar-refractivity contribution in [3.05, 3.63) is 34.1 Å². The van der Waals surface area contributed by atoms with Crippen LogP contribution >= 0.6 is 15.9 Å². The number of hydrogen-bond acceptors (Lipinski definition) is 1. The molecule has 0 saturated carbocycles. The summed E-state index contributed by atoms with van der Waals surface area (Å²) in [6, 6.07) is 4.05. The third-order valence-electron chi connectivity index (χ3n) is 1.50. The van der Waals surface area contributed by atoms with Gasteiger partial charge in [0.05, 0.1) is 10.5 Å². The van der Waals surface area contributed by atoms with E-state index >= 15 is 0 Å². The summed E-state index contributed by atoms with van der Waals surface area (Å²) < 4.78 is 13.2. The number of benzene rings is 1. The molecule has 0 bridgehead atoms. The predicted octanol–water partition coefficient (Wildman–Crippen LogP) is 2.22. The van der Waals surface area contributed by atoms with Gasteiger partial charge in [-0.2, -0.15) is 0 Å². The summed E-state index contributed by atoms with van der Waals surface area (Å²) in [5.74, 6) is 1.98. The SMILES string of the molecule is C#CC(N)c1cccc(F)c1Br. The monoisotopic (exact) mass is 227 g/mol. The van der Waals surface area contributed by atoms with E-state index in [9.17, 15) is 4.39 Å². The molecule has 62 valence electrons. The minimum atomic E-state index is -0.560. The van der Waals surface area contributed by atoms with Crippen LogP contribution in [0.2, 0.25) is 0 Å². The summed E-state index contributed by atoms with van der Waals surface area (Å²) in [5.41, 5.74) is 6.13. The van der Waals surface area contributed by atoms with E-state index in [1.807, 2.05) is 0 Å². The van der Waals surface area contributed by atoms with Crippen LogP contribution in [0.5, 0.6) is 0 Å². The quantitative estimate of drug-likeness (QED) is 0.732. The third kappa shape index (κ3) is 1.66. The van der Waals surface area contributed by atoms with Crippen molar-refractivity contribution in [1.29, 1.82) is 0 Å². The third-order valence-corrected chi connectivity index (χ3v) is 2.33. The zero-order valence-corrected chi connectivity index (χ0v) is 7.81. The molecular formula is C9H7BrFN. The van der Waals surface area contributed by atoms with Gasteiger partial charge in [0.25, 0.3) is 0 Å². The predicted molar refractivity (Wildman–Crippen MR) is 49.9 cm³/mol. The molecule has 1 atom stereocenters. The Bertz CT molecular complexity index is 330. The smallest absolute Gasteiger partial charge is 0.137 e. The fourth-order valence-electron chi connectivity index (χ4n) is 0.850. The van der Waals surface area contributed by atoms with Gasteiger partial charge in [0.2, 0.25) is 0 Å². The fraction of sp³-hybridized carbons (Fsp3) is 0.111. The van der Waals surface area contributed by atoms with Crippen molar-refractivity contribution in [2.75, 3.05) is 0 Å². The second-order valence-electron chi connectivity index (χ2n) is 2.29. The van der Waals surface area contributed by atoms with Gasteiger partial charge in [-0.05, 0) is 27.6 Å². The number of rotatable bonds is 1. The van der Waals surface area contributed by atoms with Crippen molar-refractivity contribution < 1.29 is 4.39 Å². The maximum atomic E-state index is 12.9. The van der Waals surface area contributed by atoms with Gasteiger partial charge in [-0.1, -0.05) is 18.1 Å². The Balaban J connectivity index is 3.18. The average molecular weight is 228 g/mol. The molecule has 0 heterocycles. The highest BCUT2D eigenvalue weighted by Crippen LogP contribution is 2.24. The molecule has 0 saturated heterocycles. The molecule has 0 radical (unpaired) electrons. The molecule has 1 aromatic carbocycles. The first-order chi connectivity index (χ1) is 5.66. The molecule has 3 heteroatoms. The standard InChI is InChI=1S/C9H7BrFN/c1-2-8(12)6-4-3-5-7(11)9(6)10/h1,3-5,8H,12H2. The molecular weight excluding hydrogens is 221 g/mol. The van der Waals surface area contributed by atoms with Crippen LogP contribution in [0.25, 0.3) is 0 Å². The maximum absolute atomic E-state index is 12.9. The van der Waals surface area contributed by atoms with Gasteiger partial charge in [0, 0.05) is 0 Å². The molecule has 1 rings (SSSR count). The summed E-state index contributed by atoms with van der Waals surface area (Å²) in [5, 5.41) is 0. The van der Waals surface area contributed by atoms with Gasteiger partial charge in [0.15, 0.2) is 0 Å². The fourth-order valence-corrected chi connectivity index (χ4v) is 1.36. The van der Waals surface area contributed by atoms with Gasteiger partial charge in [-0.25, -0.2) is 4.39 Å². The van der Waals surface area contributed by atoms with Crippen molar-refractivity contribution in [2.24, 2.45) is 5.73 Å². The van der Waals surface area contributed by atoms with Crippen LogP contribution in [0.15, 0.2) is 22.7 Å². The van der Waals surface area contributed by atoms with Crippen LogP contribution in [-0.2, 0) is 0 Å². The second kappa shape index (κ2) is 3.70. The Kier molecular flexibility index (Phi) is 2.85. The second-order valence-corrected chi connectivity index (χ2v) is 3.08. The van der Waals surface area contributed by atoms with Gasteiger partial charge < -0.3 is 5.73 Å². The minimum Gasteiger partial charge on any atom is -0.314 e. The topological polar surface area (TPSA) is 26.0 Å². The van der Waals surface area contributed by atoms with Gasteiger partial charge >= 0.3 is 0 Å². The molecule has 0 aliphatic rings.